The third kappa shape index (κ3) is 5.96. The van der Waals surface area contributed by atoms with Gasteiger partial charge < -0.3 is 15.4 Å². The van der Waals surface area contributed by atoms with Gasteiger partial charge in [0.15, 0.2) is 6.61 Å². The summed E-state index contributed by atoms with van der Waals surface area (Å²) >= 11 is 5.74. The second-order valence-electron chi connectivity index (χ2n) is 5.13. The van der Waals surface area contributed by atoms with Crippen LogP contribution in [0.3, 0.4) is 0 Å². The first kappa shape index (κ1) is 19.6. The van der Waals surface area contributed by atoms with Gasteiger partial charge in [0.2, 0.25) is 0 Å². The Hall–Kier alpha value is -2.74. The van der Waals surface area contributed by atoms with Crippen LogP contribution < -0.4 is 15.4 Å². The number of anilines is 1. The molecule has 0 fully saturated rings. The van der Waals surface area contributed by atoms with Gasteiger partial charge in [-0.15, -0.1) is 0 Å². The van der Waals surface area contributed by atoms with Crippen LogP contribution in [0, 0.1) is 0 Å². The van der Waals surface area contributed by atoms with E-state index in [0.29, 0.717) is 16.3 Å². The van der Waals surface area contributed by atoms with Gasteiger partial charge in [-0.05, 0) is 35.9 Å². The number of halogens is 4. The van der Waals surface area contributed by atoms with Gasteiger partial charge in [0, 0.05) is 17.3 Å². The monoisotopic (exact) mass is 386 g/mol. The van der Waals surface area contributed by atoms with Crippen molar-refractivity contribution in [3.8, 4) is 5.75 Å². The van der Waals surface area contributed by atoms with Crippen molar-refractivity contribution >= 4 is 29.1 Å². The largest absolute Gasteiger partial charge is 0.484 e. The second kappa shape index (κ2) is 8.57. The lowest BCUT2D eigenvalue weighted by atomic mass is 10.1. The standard InChI is InChI=1S/C17H14ClF3N2O3/c18-12-5-7-13(8-6-12)26-10-15(24)23-14-4-2-1-3-11(14)9-22-16(25)17(19,20)21/h1-8H,9-10H2,(H,22,25)(H,23,24). The highest BCUT2D eigenvalue weighted by atomic mass is 35.5. The first-order chi connectivity index (χ1) is 12.3. The summed E-state index contributed by atoms with van der Waals surface area (Å²) in [6.07, 6.45) is -4.97. The van der Waals surface area contributed by atoms with E-state index in [1.54, 1.807) is 41.7 Å². The molecule has 0 unspecified atom stereocenters. The molecule has 0 aliphatic heterocycles. The van der Waals surface area contributed by atoms with Crippen molar-refractivity contribution in [1.82, 2.24) is 5.32 Å². The molecule has 2 amide bonds. The van der Waals surface area contributed by atoms with E-state index in [1.165, 1.54) is 12.1 Å². The number of nitrogens with one attached hydrogen (secondary N) is 2. The number of hydrogen-bond acceptors (Lipinski definition) is 3. The number of carbonyl (C=O) groups excluding carboxylic acids is 2. The van der Waals surface area contributed by atoms with Crippen molar-refractivity contribution in [2.24, 2.45) is 0 Å². The van der Waals surface area contributed by atoms with Crippen LogP contribution >= 0.6 is 11.6 Å². The number of ether oxygens (including phenoxy) is 1. The number of benzene rings is 2. The maximum atomic E-state index is 12.2. The normalized spacial score (nSPS) is 10.9. The topological polar surface area (TPSA) is 67.4 Å². The predicted octanol–water partition coefficient (Wildman–Crippen LogP) is 3.54. The Kier molecular flexibility index (Phi) is 6.46. The van der Waals surface area contributed by atoms with E-state index in [0.717, 1.165) is 0 Å². The summed E-state index contributed by atoms with van der Waals surface area (Å²) in [5, 5.41) is 4.81. The maximum absolute atomic E-state index is 12.2. The molecule has 2 aromatic rings. The van der Waals surface area contributed by atoms with Crippen LogP contribution in [0.1, 0.15) is 5.56 Å². The highest BCUT2D eigenvalue weighted by molar-refractivity contribution is 6.30. The summed E-state index contributed by atoms with van der Waals surface area (Å²) in [6.45, 7) is -0.683. The van der Waals surface area contributed by atoms with Crippen molar-refractivity contribution in [1.29, 1.82) is 0 Å². The third-order valence-corrected chi connectivity index (χ3v) is 3.42. The fourth-order valence-corrected chi connectivity index (χ4v) is 2.06. The quantitative estimate of drug-likeness (QED) is 0.798. The molecule has 5 nitrogen and oxygen atoms in total. The van der Waals surface area contributed by atoms with E-state index in [9.17, 15) is 22.8 Å². The molecule has 2 N–H and O–H groups in total. The van der Waals surface area contributed by atoms with Gasteiger partial charge >= 0.3 is 12.1 Å². The lowest BCUT2D eigenvalue weighted by molar-refractivity contribution is -0.173. The lowest BCUT2D eigenvalue weighted by Gasteiger charge is -2.13. The molecule has 0 radical (unpaired) electrons. The van der Waals surface area contributed by atoms with E-state index < -0.39 is 18.0 Å². The molecule has 0 bridgehead atoms. The highest BCUT2D eigenvalue weighted by Gasteiger charge is 2.38. The molecule has 0 spiro atoms. The number of para-hydroxylation sites is 1. The predicted molar refractivity (Wildman–Crippen MR) is 89.9 cm³/mol. The highest BCUT2D eigenvalue weighted by Crippen LogP contribution is 2.18. The van der Waals surface area contributed by atoms with Gasteiger partial charge in [-0.25, -0.2) is 0 Å². The summed E-state index contributed by atoms with van der Waals surface area (Å²) in [5.74, 6) is -2.12. The molecule has 0 aliphatic rings. The minimum absolute atomic E-state index is 0.277. The van der Waals surface area contributed by atoms with Gasteiger partial charge in [0.1, 0.15) is 5.75 Å². The van der Waals surface area contributed by atoms with Crippen LogP contribution in [0.5, 0.6) is 5.75 Å². The van der Waals surface area contributed by atoms with Crippen molar-refractivity contribution < 1.29 is 27.5 Å². The SMILES string of the molecule is O=C(COc1ccc(Cl)cc1)Nc1ccccc1CNC(=O)C(F)(F)F. The Morgan fingerprint density at radius 1 is 1.04 bits per heavy atom. The Balaban J connectivity index is 1.93. The van der Waals surface area contributed by atoms with Crippen molar-refractivity contribution in [2.75, 3.05) is 11.9 Å². The Morgan fingerprint density at radius 3 is 2.35 bits per heavy atom. The zero-order valence-corrected chi connectivity index (χ0v) is 14.0. The summed E-state index contributed by atoms with van der Waals surface area (Å²) in [7, 11) is 0. The van der Waals surface area contributed by atoms with E-state index in [4.69, 9.17) is 16.3 Å². The number of amides is 2. The molecule has 0 saturated carbocycles. The summed E-state index contributed by atoms with van der Waals surface area (Å²) in [4.78, 5) is 22.9. The van der Waals surface area contributed by atoms with Gasteiger partial charge in [-0.3, -0.25) is 9.59 Å². The van der Waals surface area contributed by atoms with Crippen LogP contribution in [-0.2, 0) is 16.1 Å². The smallest absolute Gasteiger partial charge is 0.471 e. The van der Waals surface area contributed by atoms with E-state index >= 15 is 0 Å². The van der Waals surface area contributed by atoms with Crippen LogP contribution in [0.2, 0.25) is 5.02 Å². The molecule has 138 valence electrons. The molecular weight excluding hydrogens is 373 g/mol. The molecule has 26 heavy (non-hydrogen) atoms. The maximum Gasteiger partial charge on any atom is 0.471 e. The van der Waals surface area contributed by atoms with Crippen LogP contribution in [0.25, 0.3) is 0 Å². The molecule has 9 heteroatoms. The first-order valence-electron chi connectivity index (χ1n) is 7.37. The second-order valence-corrected chi connectivity index (χ2v) is 5.56. The number of hydrogen-bond donors (Lipinski definition) is 2. The minimum atomic E-state index is -4.97. The van der Waals surface area contributed by atoms with Crippen LogP contribution in [0.15, 0.2) is 48.5 Å². The Bertz CT molecular complexity index is 780. The third-order valence-electron chi connectivity index (χ3n) is 3.17. The molecule has 2 aromatic carbocycles. The van der Waals surface area contributed by atoms with E-state index in [-0.39, 0.29) is 18.8 Å². The Labute approximate surface area is 152 Å². The molecule has 2 rings (SSSR count). The van der Waals surface area contributed by atoms with Crippen molar-refractivity contribution in [2.45, 2.75) is 12.7 Å². The molecule has 0 saturated heterocycles. The van der Waals surface area contributed by atoms with Crippen molar-refractivity contribution in [3.05, 3.63) is 59.1 Å². The molecule has 0 aliphatic carbocycles. The average molecular weight is 387 g/mol. The van der Waals surface area contributed by atoms with Gasteiger partial charge in [0.25, 0.3) is 5.91 Å². The fraction of sp³-hybridized carbons (Fsp3) is 0.176. The number of carbonyl (C=O) groups is 2. The van der Waals surface area contributed by atoms with Gasteiger partial charge in [-0.1, -0.05) is 29.8 Å². The zero-order valence-electron chi connectivity index (χ0n) is 13.3. The lowest BCUT2D eigenvalue weighted by Crippen LogP contribution is -2.36. The summed E-state index contributed by atoms with van der Waals surface area (Å²) < 4.78 is 42.0. The average Bonchev–Trinajstić information content (AvgIpc) is 2.59. The van der Waals surface area contributed by atoms with E-state index in [2.05, 4.69) is 5.32 Å². The first-order valence-corrected chi connectivity index (χ1v) is 7.74. The number of rotatable bonds is 6. The minimum Gasteiger partial charge on any atom is -0.484 e. The summed E-state index contributed by atoms with van der Waals surface area (Å²) in [5.41, 5.74) is 0.602. The number of alkyl halides is 3. The molecule has 0 heterocycles. The van der Waals surface area contributed by atoms with Gasteiger partial charge in [-0.2, -0.15) is 13.2 Å². The fourth-order valence-electron chi connectivity index (χ4n) is 1.94. The molecule has 0 aromatic heterocycles. The molecule has 0 atom stereocenters. The van der Waals surface area contributed by atoms with Crippen LogP contribution in [-0.4, -0.2) is 24.6 Å². The zero-order chi connectivity index (χ0) is 19.2. The van der Waals surface area contributed by atoms with E-state index in [1.807, 2.05) is 0 Å². The molecular formula is C17H14ClF3N2O3. The Morgan fingerprint density at radius 2 is 1.69 bits per heavy atom. The summed E-state index contributed by atoms with van der Waals surface area (Å²) in [6, 6.07) is 12.6. The van der Waals surface area contributed by atoms with Crippen LogP contribution in [0.4, 0.5) is 18.9 Å². The van der Waals surface area contributed by atoms with Crippen molar-refractivity contribution in [3.63, 3.8) is 0 Å². The van der Waals surface area contributed by atoms with Gasteiger partial charge in [0.05, 0.1) is 0 Å².